The van der Waals surface area contributed by atoms with Crippen LogP contribution in [0.2, 0.25) is 0 Å². The van der Waals surface area contributed by atoms with Crippen LogP contribution in [0, 0.1) is 0 Å². The number of rotatable bonds is 5. The molecule has 0 heterocycles. The van der Waals surface area contributed by atoms with Gasteiger partial charge < -0.3 is 15.2 Å². The monoisotopic (exact) mass is 315 g/mol. The van der Waals surface area contributed by atoms with Gasteiger partial charge in [0.25, 0.3) is 0 Å². The first kappa shape index (κ1) is 15.3. The van der Waals surface area contributed by atoms with Crippen LogP contribution in [0.15, 0.2) is 10.5 Å². The van der Waals surface area contributed by atoms with Gasteiger partial charge in [0.15, 0.2) is 11.5 Å². The molecule has 0 aliphatic carbocycles. The predicted molar refractivity (Wildman–Crippen MR) is 78.6 cm³/mol. The van der Waals surface area contributed by atoms with Gasteiger partial charge in [-0.1, -0.05) is 6.92 Å². The number of hydrogen-bond acceptors (Lipinski definition) is 3. The molecule has 1 rings (SSSR count). The standard InChI is InChI=1S/C14H22BrNO2/c1-6-10-9(8-14(2,3)16)7-11(17-4)13(18-5)12(10)15/h7H,6,8,16H2,1-5H3. The highest BCUT2D eigenvalue weighted by molar-refractivity contribution is 9.10. The molecule has 0 saturated carbocycles. The number of ether oxygens (including phenoxy) is 2. The average molecular weight is 316 g/mol. The highest BCUT2D eigenvalue weighted by atomic mass is 79.9. The molecule has 0 aliphatic heterocycles. The molecular weight excluding hydrogens is 294 g/mol. The Morgan fingerprint density at radius 1 is 1.28 bits per heavy atom. The van der Waals surface area contributed by atoms with Crippen LogP contribution in [0.3, 0.4) is 0 Å². The van der Waals surface area contributed by atoms with Crippen molar-refractivity contribution < 1.29 is 9.47 Å². The van der Waals surface area contributed by atoms with Crippen LogP contribution in [0.5, 0.6) is 11.5 Å². The normalized spacial score (nSPS) is 11.5. The van der Waals surface area contributed by atoms with Gasteiger partial charge in [0.1, 0.15) is 0 Å². The van der Waals surface area contributed by atoms with E-state index in [1.165, 1.54) is 11.1 Å². The summed E-state index contributed by atoms with van der Waals surface area (Å²) in [6, 6.07) is 2.02. The largest absolute Gasteiger partial charge is 0.493 e. The van der Waals surface area contributed by atoms with Crippen molar-refractivity contribution in [3.8, 4) is 11.5 Å². The summed E-state index contributed by atoms with van der Waals surface area (Å²) in [7, 11) is 3.29. The lowest BCUT2D eigenvalue weighted by Crippen LogP contribution is -2.34. The van der Waals surface area contributed by atoms with Crippen molar-refractivity contribution >= 4 is 15.9 Å². The molecule has 0 radical (unpaired) electrons. The molecule has 0 aliphatic rings. The Kier molecular flexibility index (Phi) is 5.05. The molecule has 3 nitrogen and oxygen atoms in total. The molecule has 1 aromatic carbocycles. The number of halogens is 1. The lowest BCUT2D eigenvalue weighted by molar-refractivity contribution is 0.351. The second kappa shape index (κ2) is 5.93. The molecule has 0 fully saturated rings. The van der Waals surface area contributed by atoms with E-state index in [2.05, 4.69) is 22.9 Å². The Balaban J connectivity index is 3.37. The van der Waals surface area contributed by atoms with Crippen LogP contribution in [-0.4, -0.2) is 19.8 Å². The van der Waals surface area contributed by atoms with E-state index < -0.39 is 0 Å². The van der Waals surface area contributed by atoms with Gasteiger partial charge in [0.2, 0.25) is 0 Å². The molecule has 0 bridgehead atoms. The van der Waals surface area contributed by atoms with E-state index in [4.69, 9.17) is 15.2 Å². The summed E-state index contributed by atoms with van der Waals surface area (Å²) in [6.07, 6.45) is 1.72. The Morgan fingerprint density at radius 2 is 1.89 bits per heavy atom. The van der Waals surface area contributed by atoms with Crippen LogP contribution in [0.25, 0.3) is 0 Å². The first-order valence-corrected chi connectivity index (χ1v) is 6.84. The smallest absolute Gasteiger partial charge is 0.175 e. The Bertz CT molecular complexity index is 425. The van der Waals surface area contributed by atoms with Gasteiger partial charge >= 0.3 is 0 Å². The number of methoxy groups -OCH3 is 2. The highest BCUT2D eigenvalue weighted by Crippen LogP contribution is 2.40. The minimum Gasteiger partial charge on any atom is -0.493 e. The molecule has 1 aromatic rings. The van der Waals surface area contributed by atoms with E-state index in [1.807, 2.05) is 19.9 Å². The number of hydrogen-bond donors (Lipinski definition) is 1. The number of nitrogens with two attached hydrogens (primary N) is 1. The van der Waals surface area contributed by atoms with Gasteiger partial charge in [-0.3, -0.25) is 0 Å². The zero-order valence-electron chi connectivity index (χ0n) is 11.8. The third kappa shape index (κ3) is 3.39. The van der Waals surface area contributed by atoms with Gasteiger partial charge in [-0.25, -0.2) is 0 Å². The quantitative estimate of drug-likeness (QED) is 0.906. The van der Waals surface area contributed by atoms with Crippen LogP contribution in [-0.2, 0) is 12.8 Å². The van der Waals surface area contributed by atoms with Crippen molar-refractivity contribution in [3.05, 3.63) is 21.7 Å². The molecule has 0 aromatic heterocycles. The van der Waals surface area contributed by atoms with Crippen molar-refractivity contribution in [1.82, 2.24) is 0 Å². The fraction of sp³-hybridized carbons (Fsp3) is 0.571. The predicted octanol–water partition coefficient (Wildman–Crippen LogP) is 3.31. The summed E-state index contributed by atoms with van der Waals surface area (Å²) >= 11 is 3.61. The molecule has 0 atom stereocenters. The Morgan fingerprint density at radius 3 is 2.28 bits per heavy atom. The SMILES string of the molecule is CCc1c(CC(C)(C)N)cc(OC)c(OC)c1Br. The third-order valence-electron chi connectivity index (χ3n) is 2.80. The van der Waals surface area contributed by atoms with Gasteiger partial charge in [-0.05, 0) is 59.8 Å². The van der Waals surface area contributed by atoms with Crippen LogP contribution in [0.1, 0.15) is 31.9 Å². The zero-order valence-corrected chi connectivity index (χ0v) is 13.3. The van der Waals surface area contributed by atoms with Crippen molar-refractivity contribution in [2.75, 3.05) is 14.2 Å². The fourth-order valence-corrected chi connectivity index (χ4v) is 2.96. The maximum Gasteiger partial charge on any atom is 0.175 e. The molecule has 4 heteroatoms. The van der Waals surface area contributed by atoms with Crippen LogP contribution >= 0.6 is 15.9 Å². The third-order valence-corrected chi connectivity index (χ3v) is 3.64. The maximum absolute atomic E-state index is 6.12. The van der Waals surface area contributed by atoms with E-state index in [-0.39, 0.29) is 5.54 Å². The topological polar surface area (TPSA) is 44.5 Å². The minimum atomic E-state index is -0.247. The van der Waals surface area contributed by atoms with E-state index >= 15 is 0 Å². The van der Waals surface area contributed by atoms with E-state index in [1.54, 1.807) is 14.2 Å². The van der Waals surface area contributed by atoms with Crippen molar-refractivity contribution in [2.45, 2.75) is 39.2 Å². The second-order valence-corrected chi connectivity index (χ2v) is 5.88. The van der Waals surface area contributed by atoms with Crippen LogP contribution < -0.4 is 15.2 Å². The first-order valence-electron chi connectivity index (χ1n) is 6.05. The Labute approximate surface area is 118 Å². The molecule has 18 heavy (non-hydrogen) atoms. The summed E-state index contributed by atoms with van der Waals surface area (Å²) in [5.74, 6) is 1.48. The highest BCUT2D eigenvalue weighted by Gasteiger charge is 2.20. The maximum atomic E-state index is 6.12. The van der Waals surface area contributed by atoms with Crippen LogP contribution in [0.4, 0.5) is 0 Å². The molecular formula is C14H22BrNO2. The lowest BCUT2D eigenvalue weighted by Gasteiger charge is -2.23. The van der Waals surface area contributed by atoms with Gasteiger partial charge in [0.05, 0.1) is 18.7 Å². The summed E-state index contributed by atoms with van der Waals surface area (Å²) in [5.41, 5.74) is 8.30. The lowest BCUT2D eigenvalue weighted by atomic mass is 9.91. The average Bonchev–Trinajstić information content (AvgIpc) is 2.26. The zero-order chi connectivity index (χ0) is 13.9. The molecule has 2 N–H and O–H groups in total. The molecule has 0 unspecified atom stereocenters. The summed E-state index contributed by atoms with van der Waals surface area (Å²) < 4.78 is 11.7. The molecule has 0 saturated heterocycles. The van der Waals surface area contributed by atoms with E-state index in [0.29, 0.717) is 0 Å². The van der Waals surface area contributed by atoms with E-state index in [9.17, 15) is 0 Å². The van der Waals surface area contributed by atoms with E-state index in [0.717, 1.165) is 28.8 Å². The summed E-state index contributed by atoms with van der Waals surface area (Å²) in [6.45, 7) is 6.17. The second-order valence-electron chi connectivity index (χ2n) is 5.08. The number of benzene rings is 1. The first-order chi connectivity index (χ1) is 8.34. The molecule has 0 amide bonds. The fourth-order valence-electron chi connectivity index (χ4n) is 2.07. The van der Waals surface area contributed by atoms with Crippen molar-refractivity contribution in [2.24, 2.45) is 5.73 Å². The van der Waals surface area contributed by atoms with Gasteiger partial charge in [-0.2, -0.15) is 0 Å². The Hall–Kier alpha value is -0.740. The van der Waals surface area contributed by atoms with Gasteiger partial charge in [-0.15, -0.1) is 0 Å². The van der Waals surface area contributed by atoms with Crippen molar-refractivity contribution in [3.63, 3.8) is 0 Å². The molecule has 0 spiro atoms. The minimum absolute atomic E-state index is 0.247. The summed E-state index contributed by atoms with van der Waals surface area (Å²) in [5, 5.41) is 0. The molecule has 102 valence electrons. The van der Waals surface area contributed by atoms with Gasteiger partial charge in [0, 0.05) is 5.54 Å². The summed E-state index contributed by atoms with van der Waals surface area (Å²) in [4.78, 5) is 0. The van der Waals surface area contributed by atoms with Crippen molar-refractivity contribution in [1.29, 1.82) is 0 Å².